The third kappa shape index (κ3) is 3.68. The van der Waals surface area contributed by atoms with Crippen molar-refractivity contribution < 1.29 is 0 Å². The second kappa shape index (κ2) is 7.75. The second-order valence-electron chi connectivity index (χ2n) is 6.40. The molecule has 0 radical (unpaired) electrons. The first kappa shape index (κ1) is 15.5. The van der Waals surface area contributed by atoms with Gasteiger partial charge in [-0.1, -0.05) is 62.6 Å². The summed E-state index contributed by atoms with van der Waals surface area (Å²) in [5, 5.41) is 6.19. The SMILES string of the molecule is CCCCC[C@H](c1ccc2ccccc2c1)N1CCNCC1. The topological polar surface area (TPSA) is 15.3 Å². The monoisotopic (exact) mass is 296 g/mol. The second-order valence-corrected chi connectivity index (χ2v) is 6.40. The van der Waals surface area contributed by atoms with Crippen LogP contribution >= 0.6 is 0 Å². The van der Waals surface area contributed by atoms with Crippen LogP contribution in [0.1, 0.15) is 44.2 Å². The summed E-state index contributed by atoms with van der Waals surface area (Å²) >= 11 is 0. The maximum Gasteiger partial charge on any atom is 0.0349 e. The van der Waals surface area contributed by atoms with E-state index in [1.807, 2.05) is 0 Å². The Balaban J connectivity index is 1.84. The molecule has 3 rings (SSSR count). The van der Waals surface area contributed by atoms with Crippen LogP contribution in [0.2, 0.25) is 0 Å². The van der Waals surface area contributed by atoms with E-state index in [1.165, 1.54) is 55.1 Å². The lowest BCUT2D eigenvalue weighted by Crippen LogP contribution is -2.45. The van der Waals surface area contributed by atoms with Crippen LogP contribution in [-0.4, -0.2) is 31.1 Å². The standard InChI is InChI=1S/C20H28N2/c1-2-3-4-9-20(22-14-12-21-13-15-22)19-11-10-17-7-5-6-8-18(17)16-19/h5-8,10-11,16,20-21H,2-4,9,12-15H2,1H3/t20-/m1/s1. The summed E-state index contributed by atoms with van der Waals surface area (Å²) in [6.45, 7) is 6.87. The van der Waals surface area contributed by atoms with E-state index < -0.39 is 0 Å². The highest BCUT2D eigenvalue weighted by Gasteiger charge is 2.21. The number of rotatable bonds is 6. The van der Waals surface area contributed by atoms with E-state index in [-0.39, 0.29) is 0 Å². The van der Waals surface area contributed by atoms with Crippen LogP contribution in [0.25, 0.3) is 10.8 Å². The summed E-state index contributed by atoms with van der Waals surface area (Å²) in [5.74, 6) is 0. The molecular formula is C20H28N2. The van der Waals surface area contributed by atoms with Crippen molar-refractivity contribution >= 4 is 10.8 Å². The molecule has 2 nitrogen and oxygen atoms in total. The molecule has 1 fully saturated rings. The van der Waals surface area contributed by atoms with E-state index in [2.05, 4.69) is 59.6 Å². The van der Waals surface area contributed by atoms with Gasteiger partial charge >= 0.3 is 0 Å². The van der Waals surface area contributed by atoms with Crippen molar-refractivity contribution in [2.45, 2.75) is 38.6 Å². The molecule has 1 N–H and O–H groups in total. The molecule has 2 heteroatoms. The molecule has 0 bridgehead atoms. The molecule has 1 heterocycles. The lowest BCUT2D eigenvalue weighted by Gasteiger charge is -2.35. The average molecular weight is 296 g/mol. The van der Waals surface area contributed by atoms with Crippen molar-refractivity contribution in [1.82, 2.24) is 10.2 Å². The van der Waals surface area contributed by atoms with Gasteiger partial charge < -0.3 is 5.32 Å². The Morgan fingerprint density at radius 1 is 1.00 bits per heavy atom. The number of benzene rings is 2. The number of hydrogen-bond donors (Lipinski definition) is 1. The minimum absolute atomic E-state index is 0.582. The van der Waals surface area contributed by atoms with E-state index in [0.717, 1.165) is 13.1 Å². The summed E-state index contributed by atoms with van der Waals surface area (Å²) in [4.78, 5) is 2.68. The van der Waals surface area contributed by atoms with Crippen molar-refractivity contribution in [3.63, 3.8) is 0 Å². The van der Waals surface area contributed by atoms with Gasteiger partial charge in [0.1, 0.15) is 0 Å². The van der Waals surface area contributed by atoms with Crippen LogP contribution < -0.4 is 5.32 Å². The molecule has 1 aliphatic heterocycles. The highest BCUT2D eigenvalue weighted by Crippen LogP contribution is 2.29. The Kier molecular flexibility index (Phi) is 5.47. The number of nitrogens with one attached hydrogen (secondary N) is 1. The fourth-order valence-electron chi connectivity index (χ4n) is 3.56. The van der Waals surface area contributed by atoms with Crippen molar-refractivity contribution in [1.29, 1.82) is 0 Å². The molecule has 0 aliphatic carbocycles. The smallest absolute Gasteiger partial charge is 0.0349 e. The van der Waals surface area contributed by atoms with E-state index in [9.17, 15) is 0 Å². The molecule has 1 aliphatic rings. The molecule has 1 saturated heterocycles. The Hall–Kier alpha value is -1.38. The normalized spacial score (nSPS) is 17.7. The summed E-state index contributed by atoms with van der Waals surface area (Å²) < 4.78 is 0. The van der Waals surface area contributed by atoms with Gasteiger partial charge in [0.2, 0.25) is 0 Å². The van der Waals surface area contributed by atoms with E-state index in [0.29, 0.717) is 6.04 Å². The largest absolute Gasteiger partial charge is 0.314 e. The van der Waals surface area contributed by atoms with Crippen LogP contribution in [-0.2, 0) is 0 Å². The molecule has 0 saturated carbocycles. The van der Waals surface area contributed by atoms with Gasteiger partial charge in [-0.3, -0.25) is 4.90 Å². The predicted octanol–water partition coefficient (Wildman–Crippen LogP) is 4.37. The molecule has 118 valence electrons. The predicted molar refractivity (Wildman–Crippen MR) is 95.3 cm³/mol. The number of hydrogen-bond acceptors (Lipinski definition) is 2. The van der Waals surface area contributed by atoms with Crippen molar-refractivity contribution in [2.75, 3.05) is 26.2 Å². The summed E-state index contributed by atoms with van der Waals surface area (Å²) in [6, 6.07) is 16.3. The first-order valence-corrected chi connectivity index (χ1v) is 8.82. The Labute approximate surface area is 134 Å². The van der Waals surface area contributed by atoms with Crippen LogP contribution in [0.5, 0.6) is 0 Å². The molecule has 0 unspecified atom stereocenters. The zero-order valence-electron chi connectivity index (χ0n) is 13.7. The van der Waals surface area contributed by atoms with Crippen molar-refractivity contribution in [2.24, 2.45) is 0 Å². The van der Waals surface area contributed by atoms with Gasteiger partial charge in [0.25, 0.3) is 0 Å². The quantitative estimate of drug-likeness (QED) is 0.796. The lowest BCUT2D eigenvalue weighted by molar-refractivity contribution is 0.163. The fraction of sp³-hybridized carbons (Fsp3) is 0.500. The Bertz CT molecular complexity index is 587. The molecule has 1 atom stereocenters. The van der Waals surface area contributed by atoms with Crippen LogP contribution in [0.4, 0.5) is 0 Å². The van der Waals surface area contributed by atoms with Gasteiger partial charge in [0.05, 0.1) is 0 Å². The van der Waals surface area contributed by atoms with Gasteiger partial charge in [-0.25, -0.2) is 0 Å². The first-order chi connectivity index (χ1) is 10.9. The maximum atomic E-state index is 3.48. The van der Waals surface area contributed by atoms with Crippen molar-refractivity contribution in [3.05, 3.63) is 48.0 Å². The van der Waals surface area contributed by atoms with Gasteiger partial charge in [-0.15, -0.1) is 0 Å². The van der Waals surface area contributed by atoms with Crippen LogP contribution in [0.15, 0.2) is 42.5 Å². The van der Waals surface area contributed by atoms with Gasteiger partial charge in [-0.2, -0.15) is 0 Å². The zero-order chi connectivity index (χ0) is 15.2. The zero-order valence-corrected chi connectivity index (χ0v) is 13.7. The maximum absolute atomic E-state index is 3.48. The number of nitrogens with zero attached hydrogens (tertiary/aromatic N) is 1. The molecule has 22 heavy (non-hydrogen) atoms. The third-order valence-corrected chi connectivity index (χ3v) is 4.83. The summed E-state index contributed by atoms with van der Waals surface area (Å²) in [7, 11) is 0. The van der Waals surface area contributed by atoms with Gasteiger partial charge in [-0.05, 0) is 28.8 Å². The minimum Gasteiger partial charge on any atom is -0.314 e. The van der Waals surface area contributed by atoms with Gasteiger partial charge in [0, 0.05) is 32.2 Å². The van der Waals surface area contributed by atoms with E-state index in [1.54, 1.807) is 0 Å². The molecule has 0 spiro atoms. The minimum atomic E-state index is 0.582. The first-order valence-electron chi connectivity index (χ1n) is 8.82. The van der Waals surface area contributed by atoms with Gasteiger partial charge in [0.15, 0.2) is 0 Å². The highest BCUT2D eigenvalue weighted by molar-refractivity contribution is 5.83. The molecule has 0 aromatic heterocycles. The summed E-state index contributed by atoms with van der Waals surface area (Å²) in [6.07, 6.45) is 5.26. The highest BCUT2D eigenvalue weighted by atomic mass is 15.2. The summed E-state index contributed by atoms with van der Waals surface area (Å²) in [5.41, 5.74) is 1.50. The number of fused-ring (bicyclic) bond motifs is 1. The molecular weight excluding hydrogens is 268 g/mol. The Morgan fingerprint density at radius 2 is 1.77 bits per heavy atom. The molecule has 2 aromatic carbocycles. The van der Waals surface area contributed by atoms with Crippen LogP contribution in [0, 0.1) is 0 Å². The number of unbranched alkanes of at least 4 members (excludes halogenated alkanes) is 2. The fourth-order valence-corrected chi connectivity index (χ4v) is 3.56. The van der Waals surface area contributed by atoms with Crippen molar-refractivity contribution in [3.8, 4) is 0 Å². The van der Waals surface area contributed by atoms with Crippen LogP contribution in [0.3, 0.4) is 0 Å². The van der Waals surface area contributed by atoms with E-state index >= 15 is 0 Å². The van der Waals surface area contributed by atoms with E-state index in [4.69, 9.17) is 0 Å². The Morgan fingerprint density at radius 3 is 2.55 bits per heavy atom. The lowest BCUT2D eigenvalue weighted by atomic mass is 9.96. The molecule has 2 aromatic rings. The third-order valence-electron chi connectivity index (χ3n) is 4.83. The number of piperazine rings is 1. The average Bonchev–Trinajstić information content (AvgIpc) is 2.59. The molecule has 0 amide bonds.